The molecule has 0 saturated carbocycles. The van der Waals surface area contributed by atoms with Gasteiger partial charge in [-0.05, 0) is 67.6 Å². The summed E-state index contributed by atoms with van der Waals surface area (Å²) in [5, 5.41) is 2.18. The quantitative estimate of drug-likeness (QED) is 0.223. The molecule has 0 unspecified atom stereocenters. The van der Waals surface area contributed by atoms with Gasteiger partial charge in [0.25, 0.3) is 0 Å². The molecule has 8 nitrogen and oxygen atoms in total. The van der Waals surface area contributed by atoms with E-state index in [1.807, 2.05) is 71.9 Å². The number of carbonyl (C=O) groups excluding carboxylic acids is 2. The first kappa shape index (κ1) is 33.7. The fraction of sp³-hybridized carbons (Fsp3) is 0.486. The number of benzene rings is 3. The molecule has 1 saturated heterocycles. The smallest absolute Gasteiger partial charge is 0.412 e. The Balaban J connectivity index is 1.85. The predicted molar refractivity (Wildman–Crippen MR) is 176 cm³/mol. The van der Waals surface area contributed by atoms with Gasteiger partial charge in [-0.1, -0.05) is 81.4 Å². The maximum Gasteiger partial charge on any atom is 0.412 e. The molecule has 2 atom stereocenters. The number of rotatable bonds is 9. The zero-order chi connectivity index (χ0) is 32.4. The van der Waals surface area contributed by atoms with Crippen molar-refractivity contribution < 1.29 is 27.9 Å². The number of amides is 2. The van der Waals surface area contributed by atoms with Crippen molar-refractivity contribution in [2.24, 2.45) is 5.41 Å². The average Bonchev–Trinajstić information content (AvgIpc) is 3.17. The van der Waals surface area contributed by atoms with Crippen LogP contribution in [0.25, 0.3) is 21.9 Å². The van der Waals surface area contributed by atoms with Crippen molar-refractivity contribution in [2.75, 3.05) is 20.3 Å². The summed E-state index contributed by atoms with van der Waals surface area (Å²) in [6.07, 6.45) is -0.678. The van der Waals surface area contributed by atoms with E-state index in [1.54, 1.807) is 30.7 Å². The third kappa shape index (κ3) is 7.53. The summed E-state index contributed by atoms with van der Waals surface area (Å²) in [5.41, 5.74) is 2.39. The largest absolute Gasteiger partial charge is 0.444 e. The molecule has 1 fully saturated rings. The van der Waals surface area contributed by atoms with Crippen LogP contribution in [-0.4, -0.2) is 59.9 Å². The molecule has 0 aromatic heterocycles. The summed E-state index contributed by atoms with van der Waals surface area (Å²) in [5.74, 6) is -0.151. The van der Waals surface area contributed by atoms with Crippen molar-refractivity contribution in [3.05, 3.63) is 71.8 Å². The zero-order valence-corrected chi connectivity index (χ0v) is 28.4. The highest BCUT2D eigenvalue weighted by Gasteiger charge is 2.52. The van der Waals surface area contributed by atoms with Gasteiger partial charge in [-0.15, -0.1) is 0 Å². The van der Waals surface area contributed by atoms with E-state index in [9.17, 15) is 14.2 Å². The Hall–Kier alpha value is -3.19. The summed E-state index contributed by atoms with van der Waals surface area (Å²) in [6.45, 7) is 15.6. The summed E-state index contributed by atoms with van der Waals surface area (Å²) >= 11 is 0. The lowest BCUT2D eigenvalue weighted by Crippen LogP contribution is -2.52. The first-order chi connectivity index (χ1) is 20.6. The number of nitrogens with zero attached hydrogens (tertiary/aromatic N) is 2. The maximum atomic E-state index is 13.9. The molecular weight excluding hydrogens is 575 g/mol. The third-order valence-electron chi connectivity index (χ3n) is 7.59. The number of likely N-dealkylation sites (N-methyl/N-ethyl adjacent to an activating group) is 1. The fourth-order valence-corrected chi connectivity index (χ4v) is 7.80. The Morgan fingerprint density at radius 3 is 2.11 bits per heavy atom. The van der Waals surface area contributed by atoms with Gasteiger partial charge >= 0.3 is 13.7 Å². The summed E-state index contributed by atoms with van der Waals surface area (Å²) in [4.78, 5) is 30.8. The first-order valence-corrected chi connectivity index (χ1v) is 17.1. The lowest BCUT2D eigenvalue weighted by molar-refractivity contribution is -0.129. The minimum atomic E-state index is -3.42. The van der Waals surface area contributed by atoms with Gasteiger partial charge in [-0.3, -0.25) is 14.3 Å². The molecule has 4 rings (SSSR count). The van der Waals surface area contributed by atoms with Gasteiger partial charge < -0.3 is 18.7 Å². The highest BCUT2D eigenvalue weighted by molar-refractivity contribution is 7.53. The van der Waals surface area contributed by atoms with Crippen molar-refractivity contribution in [2.45, 2.75) is 85.8 Å². The van der Waals surface area contributed by atoms with E-state index in [-0.39, 0.29) is 31.7 Å². The van der Waals surface area contributed by atoms with Crippen molar-refractivity contribution in [1.82, 2.24) is 9.80 Å². The molecule has 1 heterocycles. The molecule has 3 aromatic rings. The normalized spacial score (nSPS) is 17.9. The molecule has 1 aliphatic heterocycles. The molecule has 9 heteroatoms. The molecule has 1 aliphatic rings. The van der Waals surface area contributed by atoms with Crippen molar-refractivity contribution in [3.8, 4) is 11.1 Å². The Morgan fingerprint density at radius 1 is 0.886 bits per heavy atom. The second-order valence-corrected chi connectivity index (χ2v) is 15.5. The molecule has 238 valence electrons. The van der Waals surface area contributed by atoms with Gasteiger partial charge in [0.1, 0.15) is 17.8 Å². The van der Waals surface area contributed by atoms with Crippen LogP contribution in [0.15, 0.2) is 60.7 Å². The molecule has 0 bridgehead atoms. The molecule has 0 spiro atoms. The van der Waals surface area contributed by atoms with E-state index in [0.29, 0.717) is 0 Å². The van der Waals surface area contributed by atoms with Crippen molar-refractivity contribution in [1.29, 1.82) is 0 Å². The van der Waals surface area contributed by atoms with Gasteiger partial charge in [-0.25, -0.2) is 4.79 Å². The standard InChI is InChI=1S/C35H47N2O6P/c1-10-41-44(40,42-11-2)23-25-19-24(20-27(21-25)29-18-14-16-26-15-12-13-17-28(26)29)22-30-31(38)36(9)32(34(3,4)5)37(30)33(39)43-35(6,7)8/h12-21,30,32H,10-11,22-23H2,1-9H3/t30-,32-/m1/s1. The van der Waals surface area contributed by atoms with Crippen LogP contribution in [0, 0.1) is 5.41 Å². The average molecular weight is 623 g/mol. The lowest BCUT2D eigenvalue weighted by Gasteiger charge is -2.39. The number of hydrogen-bond donors (Lipinski definition) is 0. The highest BCUT2D eigenvalue weighted by atomic mass is 31.2. The highest BCUT2D eigenvalue weighted by Crippen LogP contribution is 2.51. The second-order valence-electron chi connectivity index (χ2n) is 13.5. The van der Waals surface area contributed by atoms with Gasteiger partial charge in [0, 0.05) is 18.9 Å². The molecular formula is C35H47N2O6P. The topological polar surface area (TPSA) is 85.4 Å². The Morgan fingerprint density at radius 2 is 1.50 bits per heavy atom. The Labute approximate surface area is 262 Å². The van der Waals surface area contributed by atoms with Crippen LogP contribution in [0.4, 0.5) is 4.79 Å². The molecule has 44 heavy (non-hydrogen) atoms. The van der Waals surface area contributed by atoms with E-state index in [0.717, 1.165) is 33.0 Å². The zero-order valence-electron chi connectivity index (χ0n) is 27.5. The van der Waals surface area contributed by atoms with Crippen LogP contribution in [0.2, 0.25) is 0 Å². The molecule has 0 N–H and O–H groups in total. The van der Waals surface area contributed by atoms with Crippen molar-refractivity contribution in [3.63, 3.8) is 0 Å². The number of hydrogen-bond acceptors (Lipinski definition) is 6. The van der Waals surface area contributed by atoms with Gasteiger partial charge in [0.15, 0.2) is 0 Å². The Kier molecular flexibility index (Phi) is 9.99. The number of fused-ring (bicyclic) bond motifs is 1. The van der Waals surface area contributed by atoms with Gasteiger partial charge in [0.05, 0.1) is 19.4 Å². The van der Waals surface area contributed by atoms with E-state index >= 15 is 0 Å². The van der Waals surface area contributed by atoms with Crippen LogP contribution in [0.3, 0.4) is 0 Å². The number of ether oxygens (including phenoxy) is 1. The van der Waals surface area contributed by atoms with Gasteiger partial charge in [0.2, 0.25) is 5.91 Å². The lowest BCUT2D eigenvalue weighted by atomic mass is 9.91. The van der Waals surface area contributed by atoms with Crippen LogP contribution in [-0.2, 0) is 35.7 Å². The van der Waals surface area contributed by atoms with E-state index in [1.165, 1.54) is 0 Å². The Bertz CT molecular complexity index is 1540. The molecule has 3 aromatic carbocycles. The van der Waals surface area contributed by atoms with Gasteiger partial charge in [-0.2, -0.15) is 0 Å². The van der Waals surface area contributed by atoms with Crippen LogP contribution < -0.4 is 0 Å². The molecule has 2 amide bonds. The van der Waals surface area contributed by atoms with Crippen LogP contribution >= 0.6 is 7.60 Å². The first-order valence-electron chi connectivity index (χ1n) is 15.3. The van der Waals surface area contributed by atoms with E-state index in [2.05, 4.69) is 30.3 Å². The number of carbonyl (C=O) groups is 2. The van der Waals surface area contributed by atoms with E-state index in [4.69, 9.17) is 13.8 Å². The fourth-order valence-electron chi connectivity index (χ4n) is 6.13. The van der Waals surface area contributed by atoms with Crippen LogP contribution in [0.5, 0.6) is 0 Å². The third-order valence-corrected chi connectivity index (χ3v) is 9.64. The minimum absolute atomic E-state index is 0.0825. The van der Waals surface area contributed by atoms with Crippen LogP contribution in [0.1, 0.15) is 66.5 Å². The monoisotopic (exact) mass is 622 g/mol. The molecule has 0 aliphatic carbocycles. The summed E-state index contributed by atoms with van der Waals surface area (Å²) in [7, 11) is -1.68. The summed E-state index contributed by atoms with van der Waals surface area (Å²) < 4.78 is 30.8. The van der Waals surface area contributed by atoms with Crippen molar-refractivity contribution >= 4 is 30.4 Å². The predicted octanol–water partition coefficient (Wildman–Crippen LogP) is 8.27. The summed E-state index contributed by atoms with van der Waals surface area (Å²) in [6, 6.07) is 19.6. The SMILES string of the molecule is CCOP(=O)(Cc1cc(C[C@@H]2C(=O)N(C)[C@@H](C(C)(C)C)N2C(=O)OC(C)(C)C)cc(-c2cccc3ccccc23)c1)OCC. The maximum absolute atomic E-state index is 13.9. The minimum Gasteiger partial charge on any atom is -0.444 e. The van der Waals surface area contributed by atoms with E-state index < -0.39 is 36.9 Å². The molecule has 0 radical (unpaired) electrons. The second kappa shape index (κ2) is 13.0.